The van der Waals surface area contributed by atoms with E-state index in [9.17, 15) is 9.36 Å². The zero-order chi connectivity index (χ0) is 22.0. The molecule has 0 bridgehead atoms. The van der Waals surface area contributed by atoms with Crippen molar-refractivity contribution in [2.45, 2.75) is 70.9 Å². The minimum absolute atomic E-state index is 0.118. The molecular formula is C19H30F2NO5P. The van der Waals surface area contributed by atoms with Crippen molar-refractivity contribution < 1.29 is 31.9 Å². The van der Waals surface area contributed by atoms with Gasteiger partial charge in [-0.05, 0) is 53.5 Å². The molecule has 0 aliphatic carbocycles. The van der Waals surface area contributed by atoms with Gasteiger partial charge in [0.25, 0.3) is 0 Å². The minimum Gasteiger partial charge on any atom is -0.468 e. The normalized spacial score (nSPS) is 14.6. The predicted octanol–water partition coefficient (Wildman–Crippen LogP) is 4.60. The van der Waals surface area contributed by atoms with Crippen molar-refractivity contribution in [1.29, 1.82) is 0 Å². The zero-order valence-corrected chi connectivity index (χ0v) is 18.3. The Bertz CT molecular complexity index is 703. The van der Waals surface area contributed by atoms with Crippen LogP contribution in [0, 0.1) is 0 Å². The highest BCUT2D eigenvalue weighted by Crippen LogP contribution is 2.69. The minimum atomic E-state index is -4.88. The molecule has 28 heavy (non-hydrogen) atoms. The van der Waals surface area contributed by atoms with Crippen LogP contribution in [0.4, 0.5) is 8.78 Å². The third-order valence-electron chi connectivity index (χ3n) is 3.39. The Morgan fingerprint density at radius 2 is 1.46 bits per heavy atom. The molecule has 1 aromatic carbocycles. The summed E-state index contributed by atoms with van der Waals surface area (Å²) in [6.07, 6.45) is 0.118. The number of ether oxygens (including phenoxy) is 1. The number of esters is 1. The predicted molar refractivity (Wildman–Crippen MR) is 103 cm³/mol. The van der Waals surface area contributed by atoms with Crippen LogP contribution in [0.15, 0.2) is 24.3 Å². The molecule has 160 valence electrons. The summed E-state index contributed by atoms with van der Waals surface area (Å²) in [4.78, 5) is 11.4. The van der Waals surface area contributed by atoms with Crippen molar-refractivity contribution in [1.82, 2.24) is 0 Å². The molecule has 1 atom stereocenters. The van der Waals surface area contributed by atoms with E-state index in [1.165, 1.54) is 60.8 Å². The van der Waals surface area contributed by atoms with Crippen molar-refractivity contribution in [3.05, 3.63) is 35.4 Å². The number of carbonyl (C=O) groups is 1. The number of alkyl halides is 2. The first kappa shape index (κ1) is 24.7. The maximum atomic E-state index is 15.2. The summed E-state index contributed by atoms with van der Waals surface area (Å²) in [5.41, 5.74) is -0.379. The van der Waals surface area contributed by atoms with Crippen LogP contribution in [0.25, 0.3) is 0 Å². The number of halogens is 2. The molecule has 0 aromatic heterocycles. The SMILES string of the molecule is COC(=O)C(N)Cc1ccc(C(F)(F)P(=O)(OC(C)(C)C)OC(C)(C)C)cc1. The molecule has 0 radical (unpaired) electrons. The molecule has 0 spiro atoms. The van der Waals surface area contributed by atoms with Crippen molar-refractivity contribution in [2.24, 2.45) is 5.73 Å². The van der Waals surface area contributed by atoms with Gasteiger partial charge in [0.1, 0.15) is 6.04 Å². The van der Waals surface area contributed by atoms with Crippen LogP contribution in [0.5, 0.6) is 0 Å². The van der Waals surface area contributed by atoms with Crippen LogP contribution >= 0.6 is 7.60 Å². The van der Waals surface area contributed by atoms with Crippen molar-refractivity contribution >= 4 is 13.6 Å². The Balaban J connectivity index is 3.22. The van der Waals surface area contributed by atoms with E-state index in [2.05, 4.69) is 4.74 Å². The maximum Gasteiger partial charge on any atom is 0.405 e. The second-order valence-corrected chi connectivity index (χ2v) is 10.4. The van der Waals surface area contributed by atoms with Gasteiger partial charge in [0.2, 0.25) is 0 Å². The summed E-state index contributed by atoms with van der Waals surface area (Å²) in [5.74, 6) is -0.601. The highest BCUT2D eigenvalue weighted by molar-refractivity contribution is 7.54. The number of rotatable bonds is 7. The molecule has 9 heteroatoms. The van der Waals surface area contributed by atoms with Gasteiger partial charge in [-0.25, -0.2) is 0 Å². The Hall–Kier alpha value is -1.34. The standard InChI is InChI=1S/C19H30F2NO5P/c1-17(2,3)26-28(24,27-18(4,5)6)19(20,21)14-10-8-13(9-11-14)12-15(22)16(23)25-7/h8-11,15H,12,22H2,1-7H3. The number of benzene rings is 1. The highest BCUT2D eigenvalue weighted by Gasteiger charge is 2.58. The summed E-state index contributed by atoms with van der Waals surface area (Å²) in [7, 11) is -3.67. The van der Waals surface area contributed by atoms with Gasteiger partial charge in [0.05, 0.1) is 18.3 Å². The average molecular weight is 421 g/mol. The fourth-order valence-electron chi connectivity index (χ4n) is 2.34. The smallest absolute Gasteiger partial charge is 0.405 e. The number of hydrogen-bond donors (Lipinski definition) is 1. The Morgan fingerprint density at radius 3 is 1.82 bits per heavy atom. The summed E-state index contributed by atoms with van der Waals surface area (Å²) in [6.45, 7) is 9.16. The van der Waals surface area contributed by atoms with E-state index in [-0.39, 0.29) is 6.42 Å². The van der Waals surface area contributed by atoms with Gasteiger partial charge in [-0.15, -0.1) is 0 Å². The van der Waals surface area contributed by atoms with E-state index in [1.54, 1.807) is 0 Å². The Kier molecular flexibility index (Phi) is 7.56. The molecule has 1 unspecified atom stereocenters. The van der Waals surface area contributed by atoms with Gasteiger partial charge < -0.3 is 10.5 Å². The fourth-order valence-corrected chi connectivity index (χ4v) is 4.52. The van der Waals surface area contributed by atoms with Gasteiger partial charge in [0.15, 0.2) is 0 Å². The quantitative estimate of drug-likeness (QED) is 0.511. The fraction of sp³-hybridized carbons (Fsp3) is 0.632. The average Bonchev–Trinajstić information content (AvgIpc) is 2.50. The number of carbonyl (C=O) groups excluding carboxylic acids is 1. The van der Waals surface area contributed by atoms with Gasteiger partial charge in [-0.3, -0.25) is 18.4 Å². The Morgan fingerprint density at radius 1 is 1.04 bits per heavy atom. The lowest BCUT2D eigenvalue weighted by molar-refractivity contribution is -0.142. The molecule has 6 nitrogen and oxygen atoms in total. The first-order valence-electron chi connectivity index (χ1n) is 8.83. The first-order chi connectivity index (χ1) is 12.5. The molecule has 0 fully saturated rings. The summed E-state index contributed by atoms with van der Waals surface area (Å²) >= 11 is 0. The Labute approximate surface area is 165 Å². The number of hydrogen-bond acceptors (Lipinski definition) is 6. The second kappa shape index (κ2) is 8.57. The summed E-state index contributed by atoms with van der Waals surface area (Å²) < 4.78 is 58.7. The molecule has 0 amide bonds. The topological polar surface area (TPSA) is 87.9 Å². The number of methoxy groups -OCH3 is 1. The molecule has 0 saturated carbocycles. The van der Waals surface area contributed by atoms with E-state index < -0.39 is 42.0 Å². The highest BCUT2D eigenvalue weighted by atomic mass is 31.2. The largest absolute Gasteiger partial charge is 0.468 e. The lowest BCUT2D eigenvalue weighted by Gasteiger charge is -2.36. The van der Waals surface area contributed by atoms with Crippen LogP contribution in [0.2, 0.25) is 0 Å². The van der Waals surface area contributed by atoms with Crippen molar-refractivity contribution in [3.63, 3.8) is 0 Å². The van der Waals surface area contributed by atoms with Crippen molar-refractivity contribution in [3.8, 4) is 0 Å². The molecular weight excluding hydrogens is 391 g/mol. The molecule has 0 saturated heterocycles. The van der Waals surface area contributed by atoms with Crippen LogP contribution in [-0.4, -0.2) is 30.3 Å². The molecule has 1 aromatic rings. The van der Waals surface area contributed by atoms with Crippen LogP contribution in [-0.2, 0) is 35.2 Å². The van der Waals surface area contributed by atoms with Gasteiger partial charge in [-0.2, -0.15) is 8.78 Å². The van der Waals surface area contributed by atoms with E-state index >= 15 is 8.78 Å². The molecule has 2 N–H and O–H groups in total. The lowest BCUT2D eigenvalue weighted by Crippen LogP contribution is -2.33. The van der Waals surface area contributed by atoms with Gasteiger partial charge in [0, 0.05) is 5.56 Å². The first-order valence-corrected chi connectivity index (χ1v) is 10.4. The summed E-state index contributed by atoms with van der Waals surface area (Å²) in [5, 5.41) is 0. The van der Waals surface area contributed by atoms with Gasteiger partial charge >= 0.3 is 19.2 Å². The molecule has 0 heterocycles. The lowest BCUT2D eigenvalue weighted by atomic mass is 10.0. The van der Waals surface area contributed by atoms with E-state index in [0.29, 0.717) is 5.56 Å². The third-order valence-corrected chi connectivity index (χ3v) is 5.92. The monoisotopic (exact) mass is 421 g/mol. The van der Waals surface area contributed by atoms with Crippen LogP contribution in [0.3, 0.4) is 0 Å². The van der Waals surface area contributed by atoms with Crippen LogP contribution in [0.1, 0.15) is 52.7 Å². The maximum absolute atomic E-state index is 15.2. The summed E-state index contributed by atoms with van der Waals surface area (Å²) in [6, 6.07) is 4.14. The number of nitrogens with two attached hydrogens (primary N) is 1. The van der Waals surface area contributed by atoms with E-state index in [0.717, 1.165) is 12.1 Å². The molecule has 1 rings (SSSR count). The zero-order valence-electron chi connectivity index (χ0n) is 17.4. The van der Waals surface area contributed by atoms with Crippen LogP contribution < -0.4 is 5.73 Å². The van der Waals surface area contributed by atoms with E-state index in [1.807, 2.05) is 0 Å². The molecule has 0 aliphatic heterocycles. The van der Waals surface area contributed by atoms with Gasteiger partial charge in [-0.1, -0.05) is 24.3 Å². The molecule has 0 aliphatic rings. The second-order valence-electron chi connectivity index (χ2n) is 8.48. The van der Waals surface area contributed by atoms with E-state index in [4.69, 9.17) is 14.8 Å². The van der Waals surface area contributed by atoms with Crippen molar-refractivity contribution in [2.75, 3.05) is 7.11 Å². The third kappa shape index (κ3) is 6.62.